The van der Waals surface area contributed by atoms with Crippen LogP contribution in [-0.4, -0.2) is 94.5 Å². The topological polar surface area (TPSA) is 118 Å². The molecule has 2 aliphatic rings. The summed E-state index contributed by atoms with van der Waals surface area (Å²) in [5.74, 6) is -0.776. The van der Waals surface area contributed by atoms with Crippen LogP contribution in [0.2, 0.25) is 0 Å². The van der Waals surface area contributed by atoms with E-state index >= 15 is 0 Å². The average Bonchev–Trinajstić information content (AvgIpc) is 2.93. The Morgan fingerprint density at radius 2 is 1.76 bits per heavy atom. The van der Waals surface area contributed by atoms with Crippen LogP contribution in [0, 0.1) is 0 Å². The molecular weight excluding hydrogens is 330 g/mol. The van der Waals surface area contributed by atoms with E-state index < -0.39 is 5.97 Å². The Morgan fingerprint density at radius 1 is 1.08 bits per heavy atom. The highest BCUT2D eigenvalue weighted by Gasteiger charge is 2.35. The minimum absolute atomic E-state index is 0.0336. The number of aliphatic carboxylic acids is 1. The van der Waals surface area contributed by atoms with E-state index in [-0.39, 0.29) is 30.7 Å². The van der Waals surface area contributed by atoms with Gasteiger partial charge in [0.15, 0.2) is 0 Å². The molecule has 2 amide bonds. The Kier molecular flexibility index (Phi) is 8.90. The van der Waals surface area contributed by atoms with Gasteiger partial charge in [-0.15, -0.1) is 0 Å². The van der Waals surface area contributed by atoms with Crippen LogP contribution in [0.25, 0.3) is 0 Å². The summed E-state index contributed by atoms with van der Waals surface area (Å²) in [4.78, 5) is 48.9. The van der Waals surface area contributed by atoms with Crippen molar-refractivity contribution in [1.29, 1.82) is 0 Å². The van der Waals surface area contributed by atoms with Crippen molar-refractivity contribution in [3.63, 3.8) is 0 Å². The molecule has 2 saturated heterocycles. The highest BCUT2D eigenvalue weighted by atomic mass is 16.4. The zero-order valence-electron chi connectivity index (χ0n) is 14.6. The van der Waals surface area contributed by atoms with E-state index in [2.05, 4.69) is 4.90 Å². The van der Waals surface area contributed by atoms with Crippen molar-refractivity contribution in [2.24, 2.45) is 0 Å². The first-order chi connectivity index (χ1) is 11.9. The van der Waals surface area contributed by atoms with Crippen molar-refractivity contribution in [2.45, 2.75) is 38.6 Å². The van der Waals surface area contributed by atoms with Gasteiger partial charge in [-0.1, -0.05) is 0 Å². The smallest absolute Gasteiger partial charge is 0.304 e. The number of rotatable bonds is 4. The van der Waals surface area contributed by atoms with Gasteiger partial charge in [-0.3, -0.25) is 19.2 Å². The van der Waals surface area contributed by atoms with Crippen LogP contribution < -0.4 is 0 Å². The molecule has 142 valence electrons. The summed E-state index contributed by atoms with van der Waals surface area (Å²) < 4.78 is 0. The molecule has 2 heterocycles. The van der Waals surface area contributed by atoms with Crippen LogP contribution in [0.4, 0.5) is 0 Å². The number of hydrogen-bond acceptors (Lipinski definition) is 5. The van der Waals surface area contributed by atoms with Crippen LogP contribution >= 0.6 is 0 Å². The molecule has 1 atom stereocenters. The molecule has 2 rings (SSSR count). The molecule has 2 N–H and O–H groups in total. The van der Waals surface area contributed by atoms with Gasteiger partial charge in [-0.25, -0.2) is 0 Å². The van der Waals surface area contributed by atoms with Crippen molar-refractivity contribution < 1.29 is 29.4 Å². The number of carbonyl (C=O) groups excluding carboxylic acids is 2. The Hall–Kier alpha value is -2.16. The second kappa shape index (κ2) is 10.7. The summed E-state index contributed by atoms with van der Waals surface area (Å²) in [6.07, 6.45) is 2.61. The molecule has 9 heteroatoms. The lowest BCUT2D eigenvalue weighted by Gasteiger charge is -2.29. The molecule has 0 spiro atoms. The summed E-state index contributed by atoms with van der Waals surface area (Å²) in [6.45, 7) is 5.28. The molecule has 0 aromatic heterocycles. The Balaban J connectivity index is 0.000000970. The maximum Gasteiger partial charge on any atom is 0.304 e. The van der Waals surface area contributed by atoms with E-state index in [4.69, 9.17) is 15.0 Å². The molecule has 0 radical (unpaired) electrons. The first kappa shape index (κ1) is 20.9. The van der Waals surface area contributed by atoms with Crippen molar-refractivity contribution in [2.75, 3.05) is 39.3 Å². The lowest BCUT2D eigenvalue weighted by atomic mass is 10.2. The first-order valence-corrected chi connectivity index (χ1v) is 8.48. The SMILES string of the molecule is CC(=O)N1CCCC1C(=O)N1CCCN(CCC(=O)O)CC1.O=CO. The molecule has 0 bridgehead atoms. The van der Waals surface area contributed by atoms with Crippen molar-refractivity contribution in [3.05, 3.63) is 0 Å². The highest BCUT2D eigenvalue weighted by molar-refractivity contribution is 5.87. The monoisotopic (exact) mass is 357 g/mol. The largest absolute Gasteiger partial charge is 0.483 e. The average molecular weight is 357 g/mol. The van der Waals surface area contributed by atoms with Crippen molar-refractivity contribution >= 4 is 24.3 Å². The molecule has 0 aliphatic carbocycles. The number of likely N-dealkylation sites (tertiary alicyclic amines) is 1. The van der Waals surface area contributed by atoms with Gasteiger partial charge in [0, 0.05) is 39.6 Å². The number of carboxylic acids is 1. The fraction of sp³-hybridized carbons (Fsp3) is 0.750. The van der Waals surface area contributed by atoms with Crippen molar-refractivity contribution in [1.82, 2.24) is 14.7 Å². The van der Waals surface area contributed by atoms with Crippen LogP contribution in [-0.2, 0) is 19.2 Å². The predicted molar refractivity (Wildman–Crippen MR) is 89.0 cm³/mol. The standard InChI is InChI=1S/C15H25N3O4.CH2O2/c1-12(19)18-8-2-4-13(18)15(22)17-7-3-6-16(10-11-17)9-5-14(20)21;2-1-3/h13H,2-11H2,1H3,(H,20,21);1H,(H,2,3). The molecule has 0 saturated carbocycles. The van der Waals surface area contributed by atoms with Gasteiger partial charge in [0.25, 0.3) is 6.47 Å². The minimum atomic E-state index is -0.791. The van der Waals surface area contributed by atoms with E-state index in [1.165, 1.54) is 6.92 Å². The summed E-state index contributed by atoms with van der Waals surface area (Å²) in [5.41, 5.74) is 0. The van der Waals surface area contributed by atoms with E-state index in [0.717, 1.165) is 25.8 Å². The van der Waals surface area contributed by atoms with E-state index in [0.29, 0.717) is 32.7 Å². The zero-order chi connectivity index (χ0) is 18.8. The third kappa shape index (κ3) is 6.69. The first-order valence-electron chi connectivity index (χ1n) is 8.48. The minimum Gasteiger partial charge on any atom is -0.483 e. The quantitative estimate of drug-likeness (QED) is 0.664. The van der Waals surface area contributed by atoms with Gasteiger partial charge in [-0.05, 0) is 25.8 Å². The zero-order valence-corrected chi connectivity index (χ0v) is 14.6. The maximum atomic E-state index is 12.7. The third-order valence-corrected chi connectivity index (χ3v) is 4.48. The number of amides is 2. The number of nitrogens with zero attached hydrogens (tertiary/aromatic N) is 3. The van der Waals surface area contributed by atoms with Gasteiger partial charge < -0.3 is 24.9 Å². The Bertz CT molecular complexity index is 484. The van der Waals surface area contributed by atoms with E-state index in [9.17, 15) is 14.4 Å². The van der Waals surface area contributed by atoms with Crippen LogP contribution in [0.15, 0.2) is 0 Å². The Labute approximate surface area is 147 Å². The van der Waals surface area contributed by atoms with Gasteiger partial charge in [0.2, 0.25) is 11.8 Å². The lowest BCUT2D eigenvalue weighted by Crippen LogP contribution is -2.48. The van der Waals surface area contributed by atoms with E-state index in [1.54, 1.807) is 4.90 Å². The fourth-order valence-electron chi connectivity index (χ4n) is 3.28. The summed E-state index contributed by atoms with van der Waals surface area (Å²) in [6, 6.07) is -0.303. The number of carbonyl (C=O) groups is 4. The van der Waals surface area contributed by atoms with E-state index in [1.807, 2.05) is 4.90 Å². The number of carboxylic acid groups (broad SMARTS) is 2. The summed E-state index contributed by atoms with van der Waals surface area (Å²) in [7, 11) is 0. The van der Waals surface area contributed by atoms with Crippen LogP contribution in [0.5, 0.6) is 0 Å². The molecule has 25 heavy (non-hydrogen) atoms. The maximum absolute atomic E-state index is 12.7. The molecule has 1 unspecified atom stereocenters. The van der Waals surface area contributed by atoms with Crippen molar-refractivity contribution in [3.8, 4) is 0 Å². The summed E-state index contributed by atoms with van der Waals surface area (Å²) >= 11 is 0. The molecule has 0 aromatic rings. The molecule has 2 aliphatic heterocycles. The second-order valence-electron chi connectivity index (χ2n) is 6.14. The lowest BCUT2D eigenvalue weighted by molar-refractivity contribution is -0.142. The molecule has 9 nitrogen and oxygen atoms in total. The highest BCUT2D eigenvalue weighted by Crippen LogP contribution is 2.20. The molecule has 0 aromatic carbocycles. The Morgan fingerprint density at radius 3 is 2.36 bits per heavy atom. The normalized spacial score (nSPS) is 21.1. The second-order valence-corrected chi connectivity index (χ2v) is 6.14. The number of hydrogen-bond donors (Lipinski definition) is 2. The van der Waals surface area contributed by atoms with Gasteiger partial charge in [0.1, 0.15) is 6.04 Å². The fourth-order valence-corrected chi connectivity index (χ4v) is 3.28. The molecular formula is C16H27N3O6. The van der Waals surface area contributed by atoms with Gasteiger partial charge in [-0.2, -0.15) is 0 Å². The third-order valence-electron chi connectivity index (χ3n) is 4.48. The molecule has 2 fully saturated rings. The summed E-state index contributed by atoms with van der Waals surface area (Å²) in [5, 5.41) is 15.6. The predicted octanol–water partition coefficient (Wildman–Crippen LogP) is -0.293. The van der Waals surface area contributed by atoms with Crippen LogP contribution in [0.1, 0.15) is 32.6 Å². The van der Waals surface area contributed by atoms with Crippen LogP contribution in [0.3, 0.4) is 0 Å². The van der Waals surface area contributed by atoms with Gasteiger partial charge in [0.05, 0.1) is 6.42 Å². The van der Waals surface area contributed by atoms with Gasteiger partial charge >= 0.3 is 5.97 Å².